The topological polar surface area (TPSA) is 20.3 Å². The molecule has 0 saturated carbocycles. The number of benzene rings is 2. The third-order valence-electron chi connectivity index (χ3n) is 4.15. The monoisotopic (exact) mass is 389 g/mol. The van der Waals surface area contributed by atoms with Gasteiger partial charge in [-0.25, -0.2) is 0 Å². The standard InChI is InChI=1S/C19H17F6NO/c1-3-26(4-2)14-8-5-12(6-9-14)17(27)13-7-10-15(18(20,21)22)16(11-13)19(23,24)25/h5-11H,3-4H2,1-2H3. The summed E-state index contributed by atoms with van der Waals surface area (Å²) < 4.78 is 77.6. The molecule has 0 N–H and O–H groups in total. The van der Waals surface area contributed by atoms with Gasteiger partial charge in [0, 0.05) is 29.9 Å². The molecule has 0 aliphatic heterocycles. The fourth-order valence-electron chi connectivity index (χ4n) is 2.75. The molecule has 0 amide bonds. The number of hydrogen-bond acceptors (Lipinski definition) is 2. The number of nitrogens with zero attached hydrogens (tertiary/aromatic N) is 1. The highest BCUT2D eigenvalue weighted by Crippen LogP contribution is 2.40. The molecule has 2 aromatic carbocycles. The Bertz CT molecular complexity index is 804. The van der Waals surface area contributed by atoms with E-state index in [2.05, 4.69) is 0 Å². The second kappa shape index (κ2) is 7.62. The summed E-state index contributed by atoms with van der Waals surface area (Å²) in [5.41, 5.74) is -3.21. The lowest BCUT2D eigenvalue weighted by molar-refractivity contribution is -0.162. The molecule has 0 fully saturated rings. The molecular formula is C19H17F6NO. The SMILES string of the molecule is CCN(CC)c1ccc(C(=O)c2ccc(C(F)(F)F)c(C(F)(F)F)c2)cc1. The first-order chi connectivity index (χ1) is 12.5. The molecule has 146 valence electrons. The molecule has 2 aromatic rings. The fraction of sp³-hybridized carbons (Fsp3) is 0.316. The van der Waals surface area contributed by atoms with E-state index < -0.39 is 34.8 Å². The largest absolute Gasteiger partial charge is 0.417 e. The molecule has 0 aromatic heterocycles. The van der Waals surface area contributed by atoms with Gasteiger partial charge in [0.2, 0.25) is 0 Å². The van der Waals surface area contributed by atoms with Crippen LogP contribution in [0.25, 0.3) is 0 Å². The minimum atomic E-state index is -5.23. The van der Waals surface area contributed by atoms with Crippen LogP contribution in [0.1, 0.15) is 40.9 Å². The first-order valence-corrected chi connectivity index (χ1v) is 8.17. The van der Waals surface area contributed by atoms with E-state index >= 15 is 0 Å². The maximum absolute atomic E-state index is 13.0. The van der Waals surface area contributed by atoms with Gasteiger partial charge in [-0.2, -0.15) is 26.3 Å². The van der Waals surface area contributed by atoms with E-state index in [4.69, 9.17) is 0 Å². The highest BCUT2D eigenvalue weighted by atomic mass is 19.4. The molecule has 0 unspecified atom stereocenters. The summed E-state index contributed by atoms with van der Waals surface area (Å²) in [4.78, 5) is 14.5. The van der Waals surface area contributed by atoms with E-state index in [1.54, 1.807) is 12.1 Å². The molecule has 2 nitrogen and oxygen atoms in total. The van der Waals surface area contributed by atoms with Crippen LogP contribution in [0.5, 0.6) is 0 Å². The third kappa shape index (κ3) is 4.61. The summed E-state index contributed by atoms with van der Waals surface area (Å²) >= 11 is 0. The summed E-state index contributed by atoms with van der Waals surface area (Å²) in [5.74, 6) is -0.777. The zero-order valence-corrected chi connectivity index (χ0v) is 14.6. The van der Waals surface area contributed by atoms with Crippen molar-refractivity contribution < 1.29 is 31.1 Å². The third-order valence-corrected chi connectivity index (χ3v) is 4.15. The second-order valence-electron chi connectivity index (χ2n) is 5.80. The minimum absolute atomic E-state index is 0.0961. The van der Waals surface area contributed by atoms with Gasteiger partial charge in [-0.05, 0) is 50.2 Å². The zero-order chi connectivity index (χ0) is 20.4. The van der Waals surface area contributed by atoms with E-state index in [-0.39, 0.29) is 11.6 Å². The molecule has 0 bridgehead atoms. The Morgan fingerprint density at radius 3 is 1.70 bits per heavy atom. The summed E-state index contributed by atoms with van der Waals surface area (Å²) in [5, 5.41) is 0. The van der Waals surface area contributed by atoms with Crippen LogP contribution in [0.15, 0.2) is 42.5 Å². The van der Waals surface area contributed by atoms with E-state index in [0.29, 0.717) is 6.07 Å². The van der Waals surface area contributed by atoms with Crippen LogP contribution in [0.3, 0.4) is 0 Å². The molecule has 0 aliphatic rings. The number of ketones is 1. The smallest absolute Gasteiger partial charge is 0.372 e. The van der Waals surface area contributed by atoms with Crippen molar-refractivity contribution in [2.45, 2.75) is 26.2 Å². The van der Waals surface area contributed by atoms with Crippen molar-refractivity contribution in [2.75, 3.05) is 18.0 Å². The molecule has 8 heteroatoms. The van der Waals surface area contributed by atoms with Crippen LogP contribution in [-0.2, 0) is 12.4 Å². The Morgan fingerprint density at radius 2 is 1.26 bits per heavy atom. The molecule has 0 saturated heterocycles. The van der Waals surface area contributed by atoms with Gasteiger partial charge < -0.3 is 4.90 Å². The van der Waals surface area contributed by atoms with Crippen molar-refractivity contribution in [2.24, 2.45) is 0 Å². The van der Waals surface area contributed by atoms with Gasteiger partial charge in [0.25, 0.3) is 0 Å². The Morgan fingerprint density at radius 1 is 0.778 bits per heavy atom. The number of carbonyl (C=O) groups excluding carboxylic acids is 1. The fourth-order valence-corrected chi connectivity index (χ4v) is 2.75. The van der Waals surface area contributed by atoms with Crippen LogP contribution < -0.4 is 4.90 Å². The lowest BCUT2D eigenvalue weighted by atomic mass is 9.97. The first-order valence-electron chi connectivity index (χ1n) is 8.17. The normalized spacial score (nSPS) is 12.1. The quantitative estimate of drug-likeness (QED) is 0.476. The molecule has 0 spiro atoms. The number of halogens is 6. The van der Waals surface area contributed by atoms with Gasteiger partial charge in [0.1, 0.15) is 0 Å². The van der Waals surface area contributed by atoms with Crippen LogP contribution in [0, 0.1) is 0 Å². The summed E-state index contributed by atoms with van der Waals surface area (Å²) in [7, 11) is 0. The van der Waals surface area contributed by atoms with Gasteiger partial charge in [-0.1, -0.05) is 6.07 Å². The summed E-state index contributed by atoms with van der Waals surface area (Å²) in [6, 6.07) is 7.49. The van der Waals surface area contributed by atoms with Crippen molar-refractivity contribution in [3.05, 3.63) is 64.7 Å². The van der Waals surface area contributed by atoms with E-state index in [0.717, 1.165) is 24.8 Å². The summed E-state index contributed by atoms with van der Waals surface area (Å²) in [6.07, 6.45) is -10.4. The Kier molecular flexibility index (Phi) is 5.87. The van der Waals surface area contributed by atoms with Gasteiger partial charge >= 0.3 is 12.4 Å². The van der Waals surface area contributed by atoms with Crippen LogP contribution in [-0.4, -0.2) is 18.9 Å². The van der Waals surface area contributed by atoms with Gasteiger partial charge in [-0.3, -0.25) is 4.79 Å². The van der Waals surface area contributed by atoms with Crippen molar-refractivity contribution in [1.29, 1.82) is 0 Å². The molecular weight excluding hydrogens is 372 g/mol. The Balaban J connectivity index is 2.42. The maximum atomic E-state index is 13.0. The van der Waals surface area contributed by atoms with Gasteiger partial charge in [0.15, 0.2) is 5.78 Å². The van der Waals surface area contributed by atoms with Crippen LogP contribution in [0.4, 0.5) is 32.0 Å². The predicted octanol–water partition coefficient (Wildman–Crippen LogP) is 5.80. The maximum Gasteiger partial charge on any atom is 0.417 e. The van der Waals surface area contributed by atoms with Crippen molar-refractivity contribution in [3.8, 4) is 0 Å². The highest BCUT2D eigenvalue weighted by Gasteiger charge is 2.43. The molecule has 0 heterocycles. The number of carbonyl (C=O) groups is 1. The highest BCUT2D eigenvalue weighted by molar-refractivity contribution is 6.09. The summed E-state index contributed by atoms with van der Waals surface area (Å²) in [6.45, 7) is 5.36. The van der Waals surface area contributed by atoms with Crippen molar-refractivity contribution in [1.82, 2.24) is 0 Å². The van der Waals surface area contributed by atoms with E-state index in [1.165, 1.54) is 12.1 Å². The number of hydrogen-bond donors (Lipinski definition) is 0. The lowest BCUT2D eigenvalue weighted by Gasteiger charge is -2.21. The van der Waals surface area contributed by atoms with E-state index in [9.17, 15) is 31.1 Å². The van der Waals surface area contributed by atoms with Crippen LogP contribution >= 0.6 is 0 Å². The molecule has 0 radical (unpaired) electrons. The molecule has 2 rings (SSSR count). The lowest BCUT2D eigenvalue weighted by Crippen LogP contribution is -2.21. The predicted molar refractivity (Wildman–Crippen MR) is 89.9 cm³/mol. The van der Waals surface area contributed by atoms with Crippen molar-refractivity contribution >= 4 is 11.5 Å². The first kappa shape index (κ1) is 20.8. The number of anilines is 1. The van der Waals surface area contributed by atoms with Gasteiger partial charge in [0.05, 0.1) is 11.1 Å². The average Bonchev–Trinajstić information content (AvgIpc) is 2.61. The van der Waals surface area contributed by atoms with E-state index in [1.807, 2.05) is 18.7 Å². The molecule has 0 aliphatic carbocycles. The van der Waals surface area contributed by atoms with Gasteiger partial charge in [-0.15, -0.1) is 0 Å². The van der Waals surface area contributed by atoms with Crippen LogP contribution in [0.2, 0.25) is 0 Å². The number of rotatable bonds is 5. The van der Waals surface area contributed by atoms with Crippen molar-refractivity contribution in [3.63, 3.8) is 0 Å². The average molecular weight is 389 g/mol. The zero-order valence-electron chi connectivity index (χ0n) is 14.6. The number of alkyl halides is 6. The molecule has 27 heavy (non-hydrogen) atoms. The Hall–Kier alpha value is -2.51. The minimum Gasteiger partial charge on any atom is -0.372 e. The molecule has 0 atom stereocenters. The Labute approximate surface area is 152 Å². The second-order valence-corrected chi connectivity index (χ2v) is 5.80.